The molecular formula is C23H28N8. The highest BCUT2D eigenvalue weighted by Gasteiger charge is 2.30. The van der Waals surface area contributed by atoms with E-state index in [0.29, 0.717) is 17.3 Å². The van der Waals surface area contributed by atoms with Crippen LogP contribution < -0.4 is 15.5 Å². The van der Waals surface area contributed by atoms with Crippen LogP contribution in [0.5, 0.6) is 0 Å². The average Bonchev–Trinajstić information content (AvgIpc) is 3.23. The van der Waals surface area contributed by atoms with Crippen LogP contribution in [-0.2, 0) is 0 Å². The number of hydrogen-bond donors (Lipinski definition) is 2. The molecule has 0 amide bonds. The van der Waals surface area contributed by atoms with Gasteiger partial charge in [-0.2, -0.15) is 5.10 Å². The predicted octanol–water partition coefficient (Wildman–Crippen LogP) is 4.11. The Morgan fingerprint density at radius 3 is 2.84 bits per heavy atom. The second-order valence-electron chi connectivity index (χ2n) is 9.17. The molecule has 2 aliphatic heterocycles. The van der Waals surface area contributed by atoms with Crippen LogP contribution in [0.4, 0.5) is 23.0 Å². The summed E-state index contributed by atoms with van der Waals surface area (Å²) in [5, 5.41) is 7.68. The quantitative estimate of drug-likeness (QED) is 0.624. The molecule has 1 aromatic carbocycles. The molecule has 5 rings (SSSR count). The van der Waals surface area contributed by atoms with Crippen molar-refractivity contribution in [2.45, 2.75) is 39.0 Å². The van der Waals surface area contributed by atoms with Crippen LogP contribution in [0.2, 0.25) is 0 Å². The Morgan fingerprint density at radius 2 is 2.10 bits per heavy atom. The second kappa shape index (κ2) is 7.50. The summed E-state index contributed by atoms with van der Waals surface area (Å²) in [6.07, 6.45) is 4.99. The van der Waals surface area contributed by atoms with Gasteiger partial charge in [-0.15, -0.1) is 0 Å². The molecule has 1 saturated heterocycles. The molecule has 0 aliphatic carbocycles. The number of rotatable bonds is 3. The third kappa shape index (κ3) is 3.39. The molecular weight excluding hydrogens is 388 g/mol. The van der Waals surface area contributed by atoms with E-state index in [0.717, 1.165) is 68.3 Å². The summed E-state index contributed by atoms with van der Waals surface area (Å²) < 4.78 is 0. The first-order valence-electron chi connectivity index (χ1n) is 11.0. The minimum Gasteiger partial charge on any atom is -0.355 e. The van der Waals surface area contributed by atoms with Crippen LogP contribution in [0.15, 0.2) is 24.4 Å². The fourth-order valence-corrected chi connectivity index (χ4v) is 4.67. The average molecular weight is 417 g/mol. The lowest BCUT2D eigenvalue weighted by atomic mass is 9.80. The number of aromatic nitrogens is 4. The maximum absolute atomic E-state index is 7.33. The Kier molecular flexibility index (Phi) is 4.78. The van der Waals surface area contributed by atoms with Crippen molar-refractivity contribution in [1.29, 1.82) is 0 Å². The second-order valence-corrected chi connectivity index (χ2v) is 9.17. The first kappa shape index (κ1) is 19.8. The number of anilines is 3. The molecule has 0 bridgehead atoms. The zero-order chi connectivity index (χ0) is 21.6. The van der Waals surface area contributed by atoms with Crippen LogP contribution in [0, 0.1) is 12.0 Å². The van der Waals surface area contributed by atoms with E-state index in [2.05, 4.69) is 38.7 Å². The summed E-state index contributed by atoms with van der Waals surface area (Å²) >= 11 is 0. The summed E-state index contributed by atoms with van der Waals surface area (Å²) in [6.45, 7) is 15.3. The Morgan fingerprint density at radius 1 is 1.29 bits per heavy atom. The topological polar surface area (TPSA) is 91.3 Å². The van der Waals surface area contributed by atoms with Gasteiger partial charge in [0.05, 0.1) is 12.8 Å². The molecule has 160 valence electrons. The van der Waals surface area contributed by atoms with E-state index in [4.69, 9.17) is 22.3 Å². The summed E-state index contributed by atoms with van der Waals surface area (Å²) in [5.41, 5.74) is 10.6. The van der Waals surface area contributed by atoms with Gasteiger partial charge in [-0.25, -0.2) is 14.8 Å². The van der Waals surface area contributed by atoms with Gasteiger partial charge in [0, 0.05) is 25.3 Å². The van der Waals surface area contributed by atoms with Gasteiger partial charge in [-0.05, 0) is 48.8 Å². The molecule has 1 fully saturated rings. The van der Waals surface area contributed by atoms with Crippen molar-refractivity contribution in [1.82, 2.24) is 20.2 Å². The maximum atomic E-state index is 7.33. The number of aromatic amines is 1. The number of H-pyrrole nitrogens is 1. The Bertz CT molecular complexity index is 1150. The lowest BCUT2D eigenvalue weighted by Gasteiger charge is -2.39. The number of nitrogens with zero attached hydrogens (tertiary/aromatic N) is 6. The third-order valence-corrected chi connectivity index (χ3v) is 7.03. The molecule has 0 saturated carbocycles. The maximum Gasteiger partial charge on any atom is 0.187 e. The van der Waals surface area contributed by atoms with Crippen LogP contribution >= 0.6 is 0 Å². The smallest absolute Gasteiger partial charge is 0.187 e. The molecule has 8 heteroatoms. The Balaban J connectivity index is 1.45. The van der Waals surface area contributed by atoms with Gasteiger partial charge in [0.2, 0.25) is 0 Å². The van der Waals surface area contributed by atoms with Gasteiger partial charge in [0.15, 0.2) is 22.7 Å². The number of hydrogen-bond acceptors (Lipinski definition) is 6. The Hall–Kier alpha value is -3.18. The Labute approximate surface area is 182 Å². The molecule has 3 N–H and O–H groups in total. The van der Waals surface area contributed by atoms with Gasteiger partial charge in [0.1, 0.15) is 5.82 Å². The molecule has 4 heterocycles. The normalized spacial score (nSPS) is 20.5. The molecule has 1 atom stereocenters. The summed E-state index contributed by atoms with van der Waals surface area (Å²) in [7, 11) is 0. The minimum atomic E-state index is 0.223. The van der Waals surface area contributed by atoms with E-state index in [1.807, 2.05) is 24.4 Å². The fraction of sp³-hybridized carbons (Fsp3) is 0.478. The van der Waals surface area contributed by atoms with Crippen molar-refractivity contribution in [3.63, 3.8) is 0 Å². The summed E-state index contributed by atoms with van der Waals surface area (Å²) in [6, 6.07) is 5.91. The van der Waals surface area contributed by atoms with Crippen molar-refractivity contribution >= 4 is 34.2 Å². The van der Waals surface area contributed by atoms with Gasteiger partial charge < -0.3 is 15.5 Å². The third-order valence-electron chi connectivity index (χ3n) is 7.03. The molecule has 2 aromatic heterocycles. The molecule has 0 spiro atoms. The van der Waals surface area contributed by atoms with Gasteiger partial charge in [-0.1, -0.05) is 26.0 Å². The lowest BCUT2D eigenvalue weighted by molar-refractivity contribution is 0.258. The van der Waals surface area contributed by atoms with Crippen molar-refractivity contribution in [2.24, 2.45) is 11.1 Å². The van der Waals surface area contributed by atoms with Crippen LogP contribution in [-0.4, -0.2) is 46.3 Å². The zero-order valence-corrected chi connectivity index (χ0v) is 18.1. The summed E-state index contributed by atoms with van der Waals surface area (Å²) in [5.74, 6) is 2.09. The highest BCUT2D eigenvalue weighted by molar-refractivity contribution is 5.88. The van der Waals surface area contributed by atoms with E-state index in [9.17, 15) is 0 Å². The van der Waals surface area contributed by atoms with Gasteiger partial charge in [0.25, 0.3) is 0 Å². The molecule has 2 aliphatic rings. The molecule has 31 heavy (non-hydrogen) atoms. The van der Waals surface area contributed by atoms with Crippen LogP contribution in [0.1, 0.15) is 44.6 Å². The van der Waals surface area contributed by atoms with E-state index in [1.54, 1.807) is 0 Å². The fourth-order valence-electron chi connectivity index (χ4n) is 4.67. The zero-order valence-electron chi connectivity index (χ0n) is 18.1. The number of fused-ring (bicyclic) bond motifs is 2. The van der Waals surface area contributed by atoms with Crippen molar-refractivity contribution in [3.05, 3.63) is 41.4 Å². The SMILES string of the molecule is [C-]#[N+]c1ccc2c(c1)[C@@H](C)CCN2c1n[nH]c2nc(N3CCC(C)(CN)CC3)cnc12. The standard InChI is InChI=1S/C23H28N8/c1-15-6-9-31(18-5-4-16(25-3)12-17(15)18)22-20-21(28-29-22)27-19(13-26-20)30-10-7-23(2,14-24)8-11-30/h4-5,12-13,15H,6-11,14,24H2,1-2H3,(H,27,28,29)/t15-/m0/s1. The number of nitrogens with one attached hydrogen (secondary N) is 1. The van der Waals surface area contributed by atoms with E-state index in [1.165, 1.54) is 5.56 Å². The predicted molar refractivity (Wildman–Crippen MR) is 123 cm³/mol. The number of piperidine rings is 1. The minimum absolute atomic E-state index is 0.223. The van der Waals surface area contributed by atoms with E-state index >= 15 is 0 Å². The van der Waals surface area contributed by atoms with Crippen LogP contribution in [0.25, 0.3) is 16.0 Å². The number of benzene rings is 1. The molecule has 0 radical (unpaired) electrons. The molecule has 0 unspecified atom stereocenters. The molecule has 3 aromatic rings. The first-order chi connectivity index (χ1) is 15.0. The first-order valence-corrected chi connectivity index (χ1v) is 11.0. The largest absolute Gasteiger partial charge is 0.355 e. The van der Waals surface area contributed by atoms with Crippen molar-refractivity contribution < 1.29 is 0 Å². The van der Waals surface area contributed by atoms with Gasteiger partial charge in [-0.3, -0.25) is 5.10 Å². The van der Waals surface area contributed by atoms with E-state index in [-0.39, 0.29) is 5.41 Å². The highest BCUT2D eigenvalue weighted by Crippen LogP contribution is 2.42. The summed E-state index contributed by atoms with van der Waals surface area (Å²) in [4.78, 5) is 17.7. The van der Waals surface area contributed by atoms with Crippen LogP contribution in [0.3, 0.4) is 0 Å². The lowest BCUT2D eigenvalue weighted by Crippen LogP contribution is -2.42. The molecule has 8 nitrogen and oxygen atoms in total. The van der Waals surface area contributed by atoms with Crippen molar-refractivity contribution in [3.8, 4) is 0 Å². The van der Waals surface area contributed by atoms with Crippen molar-refractivity contribution in [2.75, 3.05) is 36.0 Å². The number of nitrogens with two attached hydrogens (primary N) is 1. The van der Waals surface area contributed by atoms with E-state index < -0.39 is 0 Å². The van der Waals surface area contributed by atoms with Gasteiger partial charge >= 0.3 is 0 Å². The monoisotopic (exact) mass is 416 g/mol. The highest BCUT2D eigenvalue weighted by atomic mass is 15.3.